The Balaban J connectivity index is 1.42. The molecule has 25 heavy (non-hydrogen) atoms. The van der Waals surface area contributed by atoms with Crippen LogP contribution in [0.4, 0.5) is 5.13 Å². The number of piperidine rings is 1. The molecule has 1 N–H and O–H groups in total. The minimum Gasteiger partial charge on any atom is -0.368 e. The van der Waals surface area contributed by atoms with Crippen molar-refractivity contribution in [1.82, 2.24) is 15.2 Å². The summed E-state index contributed by atoms with van der Waals surface area (Å²) in [4.78, 5) is 33.0. The number of nitrogens with zero attached hydrogens (tertiary/aromatic N) is 3. The Kier molecular flexibility index (Phi) is 5.90. The first kappa shape index (κ1) is 18.1. The Morgan fingerprint density at radius 3 is 2.72 bits per heavy atom. The fourth-order valence-corrected chi connectivity index (χ4v) is 4.00. The monoisotopic (exact) mass is 366 g/mol. The third-order valence-electron chi connectivity index (χ3n) is 4.75. The largest absolute Gasteiger partial charge is 0.368 e. The molecule has 0 aliphatic carbocycles. The van der Waals surface area contributed by atoms with E-state index in [2.05, 4.69) is 10.3 Å². The van der Waals surface area contributed by atoms with Gasteiger partial charge in [-0.15, -0.1) is 11.3 Å². The molecule has 0 radical (unpaired) electrons. The van der Waals surface area contributed by atoms with Crippen LogP contribution in [-0.2, 0) is 20.9 Å². The van der Waals surface area contributed by atoms with Gasteiger partial charge in [-0.25, -0.2) is 4.98 Å². The van der Waals surface area contributed by atoms with Crippen molar-refractivity contribution in [3.05, 3.63) is 11.1 Å². The van der Waals surface area contributed by atoms with Gasteiger partial charge in [0.05, 0.1) is 12.2 Å². The van der Waals surface area contributed by atoms with E-state index in [0.29, 0.717) is 39.1 Å². The van der Waals surface area contributed by atoms with Crippen molar-refractivity contribution in [3.63, 3.8) is 0 Å². The maximum Gasteiger partial charge on any atom is 0.251 e. The van der Waals surface area contributed by atoms with E-state index in [1.807, 2.05) is 29.3 Å². The molecule has 0 unspecified atom stereocenters. The first-order chi connectivity index (χ1) is 12.0. The summed E-state index contributed by atoms with van der Waals surface area (Å²) in [5.41, 5.74) is 0.882. The van der Waals surface area contributed by atoms with Gasteiger partial charge < -0.3 is 19.9 Å². The van der Waals surface area contributed by atoms with Gasteiger partial charge in [-0.2, -0.15) is 0 Å². The van der Waals surface area contributed by atoms with E-state index >= 15 is 0 Å². The van der Waals surface area contributed by atoms with E-state index in [1.165, 1.54) is 0 Å². The summed E-state index contributed by atoms with van der Waals surface area (Å²) >= 11 is 1.57. The molecule has 2 saturated heterocycles. The van der Waals surface area contributed by atoms with Crippen molar-refractivity contribution < 1.29 is 14.3 Å². The van der Waals surface area contributed by atoms with Crippen LogP contribution in [0.2, 0.25) is 0 Å². The number of amides is 2. The van der Waals surface area contributed by atoms with Crippen LogP contribution >= 0.6 is 11.3 Å². The predicted octanol–water partition coefficient (Wildman–Crippen LogP) is 1.24. The number of carbonyl (C=O) groups is 2. The lowest BCUT2D eigenvalue weighted by Gasteiger charge is -2.32. The number of hydrogen-bond acceptors (Lipinski definition) is 6. The van der Waals surface area contributed by atoms with Crippen LogP contribution in [0.1, 0.15) is 31.4 Å². The molecule has 1 aromatic rings. The first-order valence-corrected chi connectivity index (χ1v) is 9.72. The fourth-order valence-electron chi connectivity index (χ4n) is 3.24. The molecule has 2 amide bonds. The van der Waals surface area contributed by atoms with E-state index in [9.17, 15) is 9.59 Å². The van der Waals surface area contributed by atoms with Gasteiger partial charge in [-0.3, -0.25) is 9.59 Å². The number of likely N-dealkylation sites (tertiary alicyclic amines) is 1. The minimum atomic E-state index is -0.263. The molecule has 0 spiro atoms. The summed E-state index contributed by atoms with van der Waals surface area (Å²) in [6.45, 7) is 2.41. The summed E-state index contributed by atoms with van der Waals surface area (Å²) in [7, 11) is 3.90. The highest BCUT2D eigenvalue weighted by molar-refractivity contribution is 7.13. The Labute approximate surface area is 152 Å². The number of aromatic nitrogens is 1. The van der Waals surface area contributed by atoms with Crippen molar-refractivity contribution in [1.29, 1.82) is 0 Å². The van der Waals surface area contributed by atoms with Gasteiger partial charge >= 0.3 is 0 Å². The standard InChI is InChI=1S/C17H26N4O3S/c1-20(2)17-19-13(11-25-17)10-18-15(22)12-5-7-21(8-6-12)16(23)14-4-3-9-24-14/h11-12,14H,3-10H2,1-2H3,(H,18,22)/t14-/m0/s1. The predicted molar refractivity (Wildman–Crippen MR) is 96.6 cm³/mol. The van der Waals surface area contributed by atoms with E-state index in [-0.39, 0.29) is 23.8 Å². The first-order valence-electron chi connectivity index (χ1n) is 8.84. The van der Waals surface area contributed by atoms with Crippen molar-refractivity contribution in [2.75, 3.05) is 38.7 Å². The lowest BCUT2D eigenvalue weighted by Crippen LogP contribution is -2.46. The van der Waals surface area contributed by atoms with Gasteiger partial charge in [0, 0.05) is 45.1 Å². The summed E-state index contributed by atoms with van der Waals surface area (Å²) in [5, 5.41) is 5.88. The molecule has 1 atom stereocenters. The number of ether oxygens (including phenoxy) is 1. The lowest BCUT2D eigenvalue weighted by atomic mass is 9.95. The van der Waals surface area contributed by atoms with Crippen LogP contribution in [0.5, 0.6) is 0 Å². The van der Waals surface area contributed by atoms with Gasteiger partial charge in [-0.1, -0.05) is 0 Å². The highest BCUT2D eigenvalue weighted by Gasteiger charge is 2.32. The highest BCUT2D eigenvalue weighted by atomic mass is 32.1. The quantitative estimate of drug-likeness (QED) is 0.849. The van der Waals surface area contributed by atoms with Crippen molar-refractivity contribution in [2.45, 2.75) is 38.3 Å². The van der Waals surface area contributed by atoms with E-state index in [0.717, 1.165) is 23.7 Å². The summed E-state index contributed by atoms with van der Waals surface area (Å²) < 4.78 is 5.47. The molecule has 2 aliphatic rings. The second-order valence-electron chi connectivity index (χ2n) is 6.83. The van der Waals surface area contributed by atoms with Gasteiger partial charge in [-0.05, 0) is 25.7 Å². The van der Waals surface area contributed by atoms with Gasteiger partial charge in [0.15, 0.2) is 5.13 Å². The van der Waals surface area contributed by atoms with Crippen LogP contribution in [0, 0.1) is 5.92 Å². The average molecular weight is 366 g/mol. The zero-order valence-corrected chi connectivity index (χ0v) is 15.7. The molecular weight excluding hydrogens is 340 g/mol. The number of thiazole rings is 1. The molecule has 2 aliphatic heterocycles. The Bertz CT molecular complexity index is 605. The fraction of sp³-hybridized carbons (Fsp3) is 0.706. The molecule has 0 saturated carbocycles. The smallest absolute Gasteiger partial charge is 0.251 e. The number of anilines is 1. The molecule has 7 nitrogen and oxygen atoms in total. The maximum atomic E-state index is 12.4. The van der Waals surface area contributed by atoms with Crippen LogP contribution < -0.4 is 10.2 Å². The second kappa shape index (κ2) is 8.14. The van der Waals surface area contributed by atoms with E-state index < -0.39 is 0 Å². The SMILES string of the molecule is CN(C)c1nc(CNC(=O)C2CCN(C(=O)[C@@H]3CCCO3)CC2)cs1. The summed E-state index contributed by atoms with van der Waals surface area (Å²) in [5.74, 6) is 0.124. The normalized spacial score (nSPS) is 21.4. The molecule has 1 aromatic heterocycles. The zero-order valence-electron chi connectivity index (χ0n) is 14.9. The Morgan fingerprint density at radius 1 is 1.36 bits per heavy atom. The van der Waals surface area contributed by atoms with Crippen molar-refractivity contribution in [2.24, 2.45) is 5.92 Å². The highest BCUT2D eigenvalue weighted by Crippen LogP contribution is 2.22. The van der Waals surface area contributed by atoms with E-state index in [4.69, 9.17) is 4.74 Å². The third-order valence-corrected chi connectivity index (χ3v) is 5.81. The number of hydrogen-bond donors (Lipinski definition) is 1. The van der Waals surface area contributed by atoms with Crippen molar-refractivity contribution >= 4 is 28.3 Å². The lowest BCUT2D eigenvalue weighted by molar-refractivity contribution is -0.143. The van der Waals surface area contributed by atoms with E-state index in [1.54, 1.807) is 11.3 Å². The summed E-state index contributed by atoms with van der Waals surface area (Å²) in [6.07, 6.45) is 2.94. The number of rotatable bonds is 5. The van der Waals surface area contributed by atoms with Crippen LogP contribution in [0.15, 0.2) is 5.38 Å². The zero-order chi connectivity index (χ0) is 17.8. The van der Waals surface area contributed by atoms with Crippen LogP contribution in [0.25, 0.3) is 0 Å². The average Bonchev–Trinajstić information content (AvgIpc) is 3.31. The van der Waals surface area contributed by atoms with Crippen LogP contribution in [0.3, 0.4) is 0 Å². The molecule has 0 aromatic carbocycles. The molecule has 8 heteroatoms. The van der Waals surface area contributed by atoms with Gasteiger partial charge in [0.25, 0.3) is 5.91 Å². The molecule has 3 heterocycles. The Hall–Kier alpha value is -1.67. The van der Waals surface area contributed by atoms with Gasteiger partial charge in [0.2, 0.25) is 5.91 Å². The topological polar surface area (TPSA) is 74.8 Å². The van der Waals surface area contributed by atoms with Crippen LogP contribution in [-0.4, -0.2) is 61.6 Å². The molecular formula is C17H26N4O3S. The Morgan fingerprint density at radius 2 is 2.12 bits per heavy atom. The van der Waals surface area contributed by atoms with Gasteiger partial charge in [0.1, 0.15) is 6.10 Å². The summed E-state index contributed by atoms with van der Waals surface area (Å²) in [6, 6.07) is 0. The third kappa shape index (κ3) is 4.49. The molecule has 0 bridgehead atoms. The minimum absolute atomic E-state index is 0.0273. The van der Waals surface area contributed by atoms with Crippen molar-refractivity contribution in [3.8, 4) is 0 Å². The second-order valence-corrected chi connectivity index (χ2v) is 7.67. The molecule has 138 valence electrons. The molecule has 3 rings (SSSR count). The number of carbonyl (C=O) groups excluding carboxylic acids is 2. The maximum absolute atomic E-state index is 12.4. The molecule has 2 fully saturated rings. The number of nitrogens with one attached hydrogen (secondary N) is 1.